The van der Waals surface area contributed by atoms with E-state index >= 15 is 0 Å². The highest BCUT2D eigenvalue weighted by atomic mass is 32.1. The Morgan fingerprint density at radius 2 is 1.64 bits per heavy atom. The Bertz CT molecular complexity index is 870. The summed E-state index contributed by atoms with van der Waals surface area (Å²) in [5.74, 6) is -0.900. The molecule has 0 atom stereocenters. The van der Waals surface area contributed by atoms with Gasteiger partial charge in [-0.1, -0.05) is 60.7 Å². The van der Waals surface area contributed by atoms with E-state index < -0.39 is 11.8 Å². The van der Waals surface area contributed by atoms with Crippen molar-refractivity contribution in [3.05, 3.63) is 78.4 Å². The third-order valence-corrected chi connectivity index (χ3v) is 4.15. The van der Waals surface area contributed by atoms with Gasteiger partial charge >= 0.3 is 0 Å². The van der Waals surface area contributed by atoms with Crippen LogP contribution < -0.4 is 5.32 Å². The number of carbonyl (C=O) groups is 2. The quantitative estimate of drug-likeness (QED) is 0.400. The number of rotatable bonds is 4. The molecule has 0 bridgehead atoms. The number of carbonyl (C=O) groups excluding carboxylic acids is 2. The summed E-state index contributed by atoms with van der Waals surface area (Å²) in [6, 6.07) is 17.6. The van der Waals surface area contributed by atoms with Gasteiger partial charge in [0, 0.05) is 6.54 Å². The number of amides is 2. The van der Waals surface area contributed by atoms with Crippen molar-refractivity contribution in [2.75, 3.05) is 6.54 Å². The molecule has 2 aromatic carbocycles. The van der Waals surface area contributed by atoms with Gasteiger partial charge in [-0.15, -0.1) is 6.58 Å². The van der Waals surface area contributed by atoms with Gasteiger partial charge in [0.25, 0.3) is 11.8 Å². The molecule has 1 aliphatic rings. The van der Waals surface area contributed by atoms with Gasteiger partial charge in [0.1, 0.15) is 5.57 Å². The third kappa shape index (κ3) is 3.56. The molecule has 3 rings (SSSR count). The summed E-state index contributed by atoms with van der Waals surface area (Å²) in [4.78, 5) is 25.9. The van der Waals surface area contributed by atoms with Crippen LogP contribution in [0.15, 0.2) is 72.8 Å². The van der Waals surface area contributed by atoms with Crippen LogP contribution in [0, 0.1) is 0 Å². The van der Waals surface area contributed by atoms with Gasteiger partial charge in [0.15, 0.2) is 5.11 Å². The molecular weight excluding hydrogens is 332 g/mol. The Hall–Kier alpha value is -3.05. The maximum atomic E-state index is 12.5. The van der Waals surface area contributed by atoms with Crippen LogP contribution in [-0.4, -0.2) is 28.4 Å². The first-order valence-electron chi connectivity index (χ1n) is 7.75. The Morgan fingerprint density at radius 3 is 2.28 bits per heavy atom. The van der Waals surface area contributed by atoms with Gasteiger partial charge in [-0.2, -0.15) is 0 Å². The molecule has 5 heteroatoms. The average Bonchev–Trinajstić information content (AvgIpc) is 2.63. The van der Waals surface area contributed by atoms with E-state index in [0.29, 0.717) is 0 Å². The second-order valence-electron chi connectivity index (χ2n) is 5.51. The van der Waals surface area contributed by atoms with E-state index in [0.717, 1.165) is 16.7 Å². The SMILES string of the molecule is C=CCN1C(=O)C(=Cc2ccc(-c3ccccc3)cc2)C(=O)NC1=S. The van der Waals surface area contributed by atoms with Crippen LogP contribution in [-0.2, 0) is 9.59 Å². The molecule has 2 amide bonds. The zero-order valence-electron chi connectivity index (χ0n) is 13.4. The molecule has 0 aliphatic carbocycles. The summed E-state index contributed by atoms with van der Waals surface area (Å²) in [7, 11) is 0. The highest BCUT2D eigenvalue weighted by Crippen LogP contribution is 2.21. The molecular formula is C20H16N2O2S. The number of hydrogen-bond donors (Lipinski definition) is 1. The fraction of sp³-hybridized carbons (Fsp3) is 0.0500. The molecule has 1 heterocycles. The summed E-state index contributed by atoms with van der Waals surface area (Å²) in [5, 5.41) is 2.64. The number of benzene rings is 2. The summed E-state index contributed by atoms with van der Waals surface area (Å²) in [6.07, 6.45) is 3.14. The molecule has 0 spiro atoms. The first kappa shape index (κ1) is 16.8. The molecule has 25 heavy (non-hydrogen) atoms. The van der Waals surface area contributed by atoms with Crippen LogP contribution in [0.5, 0.6) is 0 Å². The van der Waals surface area contributed by atoms with E-state index in [2.05, 4.69) is 11.9 Å². The zero-order valence-corrected chi connectivity index (χ0v) is 14.3. The maximum Gasteiger partial charge on any atom is 0.265 e. The third-order valence-electron chi connectivity index (χ3n) is 3.83. The maximum absolute atomic E-state index is 12.5. The van der Waals surface area contributed by atoms with E-state index in [1.807, 2.05) is 54.6 Å². The molecule has 0 unspecified atom stereocenters. The lowest BCUT2D eigenvalue weighted by Gasteiger charge is -2.27. The largest absolute Gasteiger partial charge is 0.298 e. The normalized spacial score (nSPS) is 16.1. The summed E-state index contributed by atoms with van der Waals surface area (Å²) >= 11 is 5.03. The molecule has 0 radical (unpaired) electrons. The van der Waals surface area contributed by atoms with Crippen molar-refractivity contribution in [3.63, 3.8) is 0 Å². The number of thiocarbonyl (C=S) groups is 1. The van der Waals surface area contributed by atoms with Crippen LogP contribution >= 0.6 is 12.2 Å². The Morgan fingerprint density at radius 1 is 1.00 bits per heavy atom. The minimum atomic E-state index is -0.484. The first-order chi connectivity index (χ1) is 12.1. The predicted molar refractivity (Wildman–Crippen MR) is 103 cm³/mol. The number of nitrogens with zero attached hydrogens (tertiary/aromatic N) is 1. The second-order valence-corrected chi connectivity index (χ2v) is 5.90. The summed E-state index contributed by atoms with van der Waals surface area (Å²) in [6.45, 7) is 3.86. The minimum Gasteiger partial charge on any atom is -0.298 e. The average molecular weight is 348 g/mol. The highest BCUT2D eigenvalue weighted by molar-refractivity contribution is 7.80. The van der Waals surface area contributed by atoms with Crippen LogP contribution in [0.2, 0.25) is 0 Å². The number of nitrogens with one attached hydrogen (secondary N) is 1. The Labute approximate surface area is 151 Å². The van der Waals surface area contributed by atoms with Crippen molar-refractivity contribution in [2.45, 2.75) is 0 Å². The fourth-order valence-corrected chi connectivity index (χ4v) is 2.81. The van der Waals surface area contributed by atoms with Crippen LogP contribution in [0.4, 0.5) is 0 Å². The molecule has 1 N–H and O–H groups in total. The van der Waals surface area contributed by atoms with Crippen molar-refractivity contribution in [2.24, 2.45) is 0 Å². The van der Waals surface area contributed by atoms with E-state index in [4.69, 9.17) is 12.2 Å². The topological polar surface area (TPSA) is 49.4 Å². The molecule has 1 fully saturated rings. The van der Waals surface area contributed by atoms with Crippen molar-refractivity contribution in [1.29, 1.82) is 0 Å². The zero-order chi connectivity index (χ0) is 17.8. The molecule has 0 saturated carbocycles. The number of hydrogen-bond acceptors (Lipinski definition) is 3. The lowest BCUT2D eigenvalue weighted by molar-refractivity contribution is -0.128. The lowest BCUT2D eigenvalue weighted by atomic mass is 10.0. The van der Waals surface area contributed by atoms with Gasteiger partial charge in [0.2, 0.25) is 0 Å². The molecule has 0 aromatic heterocycles. The van der Waals surface area contributed by atoms with Crippen LogP contribution in [0.1, 0.15) is 5.56 Å². The van der Waals surface area contributed by atoms with Crippen molar-refractivity contribution >= 4 is 35.2 Å². The predicted octanol–water partition coefficient (Wildman–Crippen LogP) is 3.17. The van der Waals surface area contributed by atoms with Gasteiger partial charge in [-0.05, 0) is 35.0 Å². The summed E-state index contributed by atoms with van der Waals surface area (Å²) in [5.41, 5.74) is 3.00. The highest BCUT2D eigenvalue weighted by Gasteiger charge is 2.32. The van der Waals surface area contributed by atoms with E-state index in [-0.39, 0.29) is 17.2 Å². The molecule has 4 nitrogen and oxygen atoms in total. The summed E-state index contributed by atoms with van der Waals surface area (Å²) < 4.78 is 0. The standard InChI is InChI=1S/C20H16N2O2S/c1-2-12-22-19(24)17(18(23)21-20(22)25)13-14-8-10-16(11-9-14)15-6-4-3-5-7-15/h2-11,13H,1,12H2,(H,21,23,25). The van der Waals surface area contributed by atoms with Crippen molar-refractivity contribution in [1.82, 2.24) is 10.2 Å². The van der Waals surface area contributed by atoms with Gasteiger partial charge < -0.3 is 0 Å². The molecule has 1 saturated heterocycles. The smallest absolute Gasteiger partial charge is 0.265 e. The Kier molecular flexibility index (Phi) is 4.86. The van der Waals surface area contributed by atoms with Crippen LogP contribution in [0.25, 0.3) is 17.2 Å². The second kappa shape index (κ2) is 7.23. The molecule has 124 valence electrons. The van der Waals surface area contributed by atoms with E-state index in [9.17, 15) is 9.59 Å². The van der Waals surface area contributed by atoms with Gasteiger partial charge in [-0.3, -0.25) is 19.8 Å². The first-order valence-corrected chi connectivity index (χ1v) is 8.16. The van der Waals surface area contributed by atoms with Gasteiger partial charge in [-0.25, -0.2) is 0 Å². The van der Waals surface area contributed by atoms with Crippen molar-refractivity contribution in [3.8, 4) is 11.1 Å². The van der Waals surface area contributed by atoms with E-state index in [1.54, 1.807) is 12.2 Å². The molecule has 1 aliphatic heterocycles. The van der Waals surface area contributed by atoms with Crippen molar-refractivity contribution < 1.29 is 9.59 Å². The van der Waals surface area contributed by atoms with E-state index in [1.165, 1.54) is 4.90 Å². The lowest BCUT2D eigenvalue weighted by Crippen LogP contribution is -2.53. The Balaban J connectivity index is 1.88. The minimum absolute atomic E-state index is 0.0583. The van der Waals surface area contributed by atoms with Gasteiger partial charge in [0.05, 0.1) is 0 Å². The fourth-order valence-electron chi connectivity index (χ4n) is 2.56. The monoisotopic (exact) mass is 348 g/mol. The van der Waals surface area contributed by atoms with Crippen LogP contribution in [0.3, 0.4) is 0 Å². The molecule has 2 aromatic rings.